The Morgan fingerprint density at radius 3 is 2.48 bits per heavy atom. The van der Waals surface area contributed by atoms with Crippen LogP contribution in [-0.2, 0) is 5.75 Å². The van der Waals surface area contributed by atoms with Gasteiger partial charge in [0.2, 0.25) is 0 Å². The average Bonchev–Trinajstić information content (AvgIpc) is 3.07. The molecule has 0 saturated carbocycles. The second kappa shape index (κ2) is 7.04. The predicted molar refractivity (Wildman–Crippen MR) is 108 cm³/mol. The lowest BCUT2D eigenvalue weighted by atomic mass is 10.1. The van der Waals surface area contributed by atoms with Crippen molar-refractivity contribution >= 4 is 22.7 Å². The molecule has 0 N–H and O–H groups in total. The Morgan fingerprint density at radius 2 is 1.78 bits per heavy atom. The van der Waals surface area contributed by atoms with E-state index in [-0.39, 0.29) is 5.56 Å². The van der Waals surface area contributed by atoms with E-state index in [4.69, 9.17) is 9.51 Å². The van der Waals surface area contributed by atoms with Gasteiger partial charge >= 0.3 is 0 Å². The van der Waals surface area contributed by atoms with Crippen molar-refractivity contribution in [3.63, 3.8) is 0 Å². The Hall–Kier alpha value is -2.86. The van der Waals surface area contributed by atoms with Gasteiger partial charge in [-0.3, -0.25) is 9.36 Å². The summed E-state index contributed by atoms with van der Waals surface area (Å²) < 4.78 is 6.87. The fourth-order valence-corrected chi connectivity index (χ4v) is 4.07. The van der Waals surface area contributed by atoms with Crippen LogP contribution in [0.15, 0.2) is 63.0 Å². The van der Waals surface area contributed by atoms with Gasteiger partial charge in [0.25, 0.3) is 5.56 Å². The third-order valence-electron chi connectivity index (χ3n) is 4.43. The van der Waals surface area contributed by atoms with E-state index in [0.717, 1.165) is 28.3 Å². The Bertz CT molecular complexity index is 1170. The number of nitrogens with zero attached hydrogens (tertiary/aromatic N) is 3. The van der Waals surface area contributed by atoms with Gasteiger partial charge in [-0.1, -0.05) is 47.3 Å². The SMILES string of the molecule is Cc1cc(CSc2nc3ccccc3c(=O)n2-c2c(C)cccc2C)no1. The molecule has 0 atom stereocenters. The lowest BCUT2D eigenvalue weighted by Gasteiger charge is -2.17. The normalized spacial score (nSPS) is 11.2. The van der Waals surface area contributed by atoms with Crippen molar-refractivity contribution in [2.24, 2.45) is 0 Å². The van der Waals surface area contributed by atoms with Crippen molar-refractivity contribution in [3.8, 4) is 5.69 Å². The fourth-order valence-electron chi connectivity index (χ4n) is 3.19. The number of fused-ring (bicyclic) bond motifs is 1. The number of rotatable bonds is 4. The molecule has 136 valence electrons. The highest BCUT2D eigenvalue weighted by atomic mass is 32.2. The quantitative estimate of drug-likeness (QED) is 0.384. The molecule has 0 aliphatic carbocycles. The molecule has 0 fully saturated rings. The summed E-state index contributed by atoms with van der Waals surface area (Å²) in [6.07, 6.45) is 0. The number of para-hydroxylation sites is 2. The van der Waals surface area contributed by atoms with Crippen molar-refractivity contribution in [2.75, 3.05) is 0 Å². The van der Waals surface area contributed by atoms with Crippen molar-refractivity contribution < 1.29 is 4.52 Å². The molecule has 0 radical (unpaired) electrons. The van der Waals surface area contributed by atoms with Crippen LogP contribution in [0.4, 0.5) is 0 Å². The van der Waals surface area contributed by atoms with Crippen LogP contribution in [0.2, 0.25) is 0 Å². The molecule has 0 saturated heterocycles. The summed E-state index contributed by atoms with van der Waals surface area (Å²) in [4.78, 5) is 18.1. The maximum Gasteiger partial charge on any atom is 0.266 e. The highest BCUT2D eigenvalue weighted by molar-refractivity contribution is 7.98. The first-order valence-electron chi connectivity index (χ1n) is 8.68. The van der Waals surface area contributed by atoms with Crippen LogP contribution in [0.5, 0.6) is 0 Å². The molecule has 0 bridgehead atoms. The lowest BCUT2D eigenvalue weighted by molar-refractivity contribution is 0.393. The molecular weight excluding hydrogens is 358 g/mol. The standard InChI is InChI=1S/C21H19N3O2S/c1-13-7-6-8-14(2)19(13)24-20(25)17-9-4-5-10-18(17)22-21(24)27-12-16-11-15(3)26-23-16/h4-11H,12H2,1-3H3. The van der Waals surface area contributed by atoms with Gasteiger partial charge in [-0.25, -0.2) is 4.98 Å². The molecule has 2 heterocycles. The highest BCUT2D eigenvalue weighted by Gasteiger charge is 2.17. The van der Waals surface area contributed by atoms with Crippen molar-refractivity contribution in [3.05, 3.63) is 81.5 Å². The van der Waals surface area contributed by atoms with E-state index in [1.54, 1.807) is 4.57 Å². The topological polar surface area (TPSA) is 60.9 Å². The summed E-state index contributed by atoms with van der Waals surface area (Å²) in [6.45, 7) is 5.89. The number of hydrogen-bond donors (Lipinski definition) is 0. The first-order valence-corrected chi connectivity index (χ1v) is 9.66. The van der Waals surface area contributed by atoms with Crippen LogP contribution in [-0.4, -0.2) is 14.7 Å². The first-order chi connectivity index (χ1) is 13.0. The second-order valence-electron chi connectivity index (χ2n) is 6.51. The van der Waals surface area contributed by atoms with Gasteiger partial charge in [0.05, 0.1) is 22.3 Å². The lowest BCUT2D eigenvalue weighted by Crippen LogP contribution is -2.23. The van der Waals surface area contributed by atoms with Crippen LogP contribution >= 0.6 is 11.8 Å². The van der Waals surface area contributed by atoms with Crippen LogP contribution in [0, 0.1) is 20.8 Å². The predicted octanol–water partition coefficient (Wildman–Crippen LogP) is 4.59. The van der Waals surface area contributed by atoms with Crippen molar-refractivity contribution in [2.45, 2.75) is 31.7 Å². The van der Waals surface area contributed by atoms with Crippen LogP contribution in [0.1, 0.15) is 22.6 Å². The zero-order valence-electron chi connectivity index (χ0n) is 15.4. The van der Waals surface area contributed by atoms with Gasteiger partial charge in [0.1, 0.15) is 5.76 Å². The second-order valence-corrected chi connectivity index (χ2v) is 7.45. The molecule has 0 spiro atoms. The maximum absolute atomic E-state index is 13.3. The van der Waals surface area contributed by atoms with Crippen molar-refractivity contribution in [1.82, 2.24) is 14.7 Å². The van der Waals surface area contributed by atoms with E-state index >= 15 is 0 Å². The van der Waals surface area contributed by atoms with E-state index in [0.29, 0.717) is 21.8 Å². The minimum atomic E-state index is -0.0585. The van der Waals surface area contributed by atoms with E-state index in [1.165, 1.54) is 11.8 Å². The Labute approximate surface area is 161 Å². The third kappa shape index (κ3) is 3.28. The summed E-state index contributed by atoms with van der Waals surface area (Å²) in [5.74, 6) is 1.34. The zero-order valence-corrected chi connectivity index (χ0v) is 16.2. The average molecular weight is 377 g/mol. The summed E-state index contributed by atoms with van der Waals surface area (Å²) in [5.41, 5.74) is 4.43. The number of thioether (sulfide) groups is 1. The minimum absolute atomic E-state index is 0.0585. The van der Waals surface area contributed by atoms with Gasteiger partial charge in [-0.2, -0.15) is 0 Å². The van der Waals surface area contributed by atoms with Gasteiger partial charge in [-0.05, 0) is 44.0 Å². The first kappa shape index (κ1) is 17.5. The Kier molecular flexibility index (Phi) is 4.58. The Morgan fingerprint density at radius 1 is 1.04 bits per heavy atom. The fraction of sp³-hybridized carbons (Fsp3) is 0.190. The molecule has 2 aromatic carbocycles. The zero-order chi connectivity index (χ0) is 19.0. The number of hydrogen-bond acceptors (Lipinski definition) is 5. The third-order valence-corrected chi connectivity index (χ3v) is 5.41. The molecule has 6 heteroatoms. The summed E-state index contributed by atoms with van der Waals surface area (Å²) >= 11 is 1.48. The smallest absolute Gasteiger partial charge is 0.266 e. The number of aromatic nitrogens is 3. The van der Waals surface area contributed by atoms with Gasteiger partial charge in [0.15, 0.2) is 5.16 Å². The summed E-state index contributed by atoms with van der Waals surface area (Å²) in [6, 6.07) is 15.4. The highest BCUT2D eigenvalue weighted by Crippen LogP contribution is 2.27. The van der Waals surface area contributed by atoms with E-state index in [1.807, 2.05) is 69.3 Å². The molecule has 5 nitrogen and oxygen atoms in total. The number of benzene rings is 2. The molecule has 0 amide bonds. The molecule has 4 rings (SSSR count). The summed E-state index contributed by atoms with van der Waals surface area (Å²) in [7, 11) is 0. The molecule has 0 aliphatic rings. The van der Waals surface area contributed by atoms with Gasteiger partial charge in [0, 0.05) is 11.8 Å². The molecule has 0 aliphatic heterocycles. The molecule has 0 unspecified atom stereocenters. The number of aryl methyl sites for hydroxylation is 3. The summed E-state index contributed by atoms with van der Waals surface area (Å²) in [5, 5.41) is 5.30. The minimum Gasteiger partial charge on any atom is -0.361 e. The van der Waals surface area contributed by atoms with Crippen LogP contribution in [0.25, 0.3) is 16.6 Å². The monoisotopic (exact) mass is 377 g/mol. The molecule has 27 heavy (non-hydrogen) atoms. The maximum atomic E-state index is 13.3. The van der Waals surface area contributed by atoms with Crippen molar-refractivity contribution in [1.29, 1.82) is 0 Å². The van der Waals surface area contributed by atoms with Crippen LogP contribution < -0.4 is 5.56 Å². The molecular formula is C21H19N3O2S. The van der Waals surface area contributed by atoms with Crippen LogP contribution in [0.3, 0.4) is 0 Å². The molecule has 4 aromatic rings. The Balaban J connectivity index is 1.91. The molecule has 2 aromatic heterocycles. The van der Waals surface area contributed by atoms with E-state index in [2.05, 4.69) is 5.16 Å². The van der Waals surface area contributed by atoms with Gasteiger partial charge < -0.3 is 4.52 Å². The van der Waals surface area contributed by atoms with E-state index in [9.17, 15) is 4.79 Å². The van der Waals surface area contributed by atoms with Gasteiger partial charge in [-0.15, -0.1) is 0 Å². The largest absolute Gasteiger partial charge is 0.361 e. The van der Waals surface area contributed by atoms with E-state index < -0.39 is 0 Å².